The van der Waals surface area contributed by atoms with E-state index in [4.69, 9.17) is 4.74 Å². The number of carboxylic acid groups (broad SMARTS) is 1. The number of hydrogen-bond donors (Lipinski definition) is 3. The lowest BCUT2D eigenvalue weighted by Gasteiger charge is -2.35. The molecule has 3 N–H and O–H groups in total. The van der Waals surface area contributed by atoms with Gasteiger partial charge in [-0.1, -0.05) is 6.07 Å². The van der Waals surface area contributed by atoms with E-state index in [0.29, 0.717) is 42.3 Å². The second-order valence-electron chi connectivity index (χ2n) is 8.16. The number of rotatable bonds is 3. The number of carbonyl (C=O) groups is 2. The summed E-state index contributed by atoms with van der Waals surface area (Å²) in [5.41, 5.74) is 1.45. The summed E-state index contributed by atoms with van der Waals surface area (Å²) in [5, 5.41) is 31.7. The molecule has 8 heteroatoms. The Morgan fingerprint density at radius 1 is 0.909 bits per heavy atom. The van der Waals surface area contributed by atoms with E-state index >= 15 is 0 Å². The van der Waals surface area contributed by atoms with Gasteiger partial charge in [0, 0.05) is 16.7 Å². The van der Waals surface area contributed by atoms with Crippen molar-refractivity contribution >= 4 is 43.8 Å². The molecule has 0 unspecified atom stereocenters. The summed E-state index contributed by atoms with van der Waals surface area (Å²) >= 11 is 6.75. The van der Waals surface area contributed by atoms with E-state index in [1.165, 1.54) is 18.2 Å². The summed E-state index contributed by atoms with van der Waals surface area (Å²) in [7, 11) is 0. The molecule has 6 nitrogen and oxygen atoms in total. The second kappa shape index (κ2) is 7.88. The van der Waals surface area contributed by atoms with Crippen LogP contribution in [0.2, 0.25) is 0 Å². The fourth-order valence-corrected chi connectivity index (χ4v) is 5.34. The zero-order valence-electron chi connectivity index (χ0n) is 18.2. The van der Waals surface area contributed by atoms with Crippen LogP contribution in [0.5, 0.6) is 11.5 Å². The Labute approximate surface area is 207 Å². The maximum absolute atomic E-state index is 13.1. The van der Waals surface area contributed by atoms with Gasteiger partial charge in [0.15, 0.2) is 5.60 Å². The number of cyclic esters (lactones) is 1. The molecule has 0 radical (unpaired) electrons. The fourth-order valence-electron chi connectivity index (χ4n) is 4.51. The zero-order chi connectivity index (χ0) is 24.4. The van der Waals surface area contributed by atoms with E-state index in [-0.39, 0.29) is 28.2 Å². The van der Waals surface area contributed by atoms with Gasteiger partial charge < -0.3 is 20.1 Å². The highest BCUT2D eigenvalue weighted by atomic mass is 79.9. The molecule has 0 amide bonds. The number of aromatic carboxylic acids is 1. The summed E-state index contributed by atoms with van der Waals surface area (Å²) < 4.78 is 7.06. The molecule has 1 heterocycles. The molecule has 0 saturated carbocycles. The van der Waals surface area contributed by atoms with Gasteiger partial charge in [0.1, 0.15) is 11.5 Å². The van der Waals surface area contributed by atoms with Crippen LogP contribution in [0, 0.1) is 27.7 Å². The average molecular weight is 576 g/mol. The average Bonchev–Trinajstić information content (AvgIpc) is 3.08. The number of benzene rings is 3. The van der Waals surface area contributed by atoms with Crippen LogP contribution in [-0.2, 0) is 10.3 Å². The smallest absolute Gasteiger partial charge is 0.340 e. The zero-order valence-corrected chi connectivity index (χ0v) is 21.4. The minimum Gasteiger partial charge on any atom is -0.506 e. The maximum Gasteiger partial charge on any atom is 0.340 e. The third-order valence-corrected chi connectivity index (χ3v) is 8.22. The molecule has 0 fully saturated rings. The number of aryl methyl sites for hydroxylation is 2. The summed E-state index contributed by atoms with van der Waals surface area (Å²) in [6.45, 7) is 6.90. The summed E-state index contributed by atoms with van der Waals surface area (Å²) in [4.78, 5) is 25.4. The van der Waals surface area contributed by atoms with Crippen LogP contribution in [0.25, 0.3) is 0 Å². The molecule has 1 aliphatic rings. The largest absolute Gasteiger partial charge is 0.506 e. The van der Waals surface area contributed by atoms with Crippen molar-refractivity contribution in [3.63, 3.8) is 0 Å². The molecule has 0 spiro atoms. The topological polar surface area (TPSA) is 104 Å². The minimum absolute atomic E-state index is 0.0441. The Bertz CT molecular complexity index is 1310. The number of halogens is 2. The summed E-state index contributed by atoms with van der Waals surface area (Å²) in [6, 6.07) is 7.95. The van der Waals surface area contributed by atoms with Crippen LogP contribution in [-0.4, -0.2) is 27.3 Å². The first-order valence-corrected chi connectivity index (χ1v) is 11.6. The molecule has 3 aromatic rings. The van der Waals surface area contributed by atoms with Gasteiger partial charge in [0.05, 0.1) is 20.1 Å². The van der Waals surface area contributed by atoms with Crippen molar-refractivity contribution in [3.8, 4) is 11.5 Å². The number of hydrogen-bond acceptors (Lipinski definition) is 5. The molecule has 3 aromatic carbocycles. The quantitative estimate of drug-likeness (QED) is 0.330. The molecular weight excluding hydrogens is 556 g/mol. The van der Waals surface area contributed by atoms with E-state index in [1.54, 1.807) is 39.8 Å². The first kappa shape index (κ1) is 23.3. The van der Waals surface area contributed by atoms with Gasteiger partial charge in [-0.05, 0) is 106 Å². The lowest BCUT2D eigenvalue weighted by molar-refractivity contribution is 0.0240. The number of phenols is 2. The van der Waals surface area contributed by atoms with Gasteiger partial charge in [-0.25, -0.2) is 9.59 Å². The third-order valence-electron chi connectivity index (χ3n) is 6.22. The van der Waals surface area contributed by atoms with Crippen molar-refractivity contribution in [2.75, 3.05) is 0 Å². The molecule has 1 aliphatic heterocycles. The Balaban J connectivity index is 2.29. The molecule has 4 rings (SSSR count). The number of carboxylic acids is 1. The normalized spacial score (nSPS) is 14.2. The molecule has 0 atom stereocenters. The number of carbonyl (C=O) groups excluding carboxylic acids is 1. The van der Waals surface area contributed by atoms with Crippen LogP contribution in [0.3, 0.4) is 0 Å². The summed E-state index contributed by atoms with van der Waals surface area (Å²) in [5.74, 6) is -2.00. The Kier molecular flexibility index (Phi) is 5.57. The van der Waals surface area contributed by atoms with Gasteiger partial charge in [0.2, 0.25) is 0 Å². The van der Waals surface area contributed by atoms with E-state index in [0.717, 1.165) is 0 Å². The van der Waals surface area contributed by atoms with Crippen LogP contribution in [0.4, 0.5) is 0 Å². The van der Waals surface area contributed by atoms with Crippen molar-refractivity contribution in [1.82, 2.24) is 0 Å². The van der Waals surface area contributed by atoms with E-state index in [1.807, 2.05) is 0 Å². The molecule has 0 aliphatic carbocycles. The first-order valence-electron chi connectivity index (χ1n) is 10.0. The lowest BCUT2D eigenvalue weighted by atomic mass is 9.74. The van der Waals surface area contributed by atoms with Gasteiger partial charge in [-0.15, -0.1) is 0 Å². The van der Waals surface area contributed by atoms with Crippen LogP contribution >= 0.6 is 31.9 Å². The fraction of sp³-hybridized carbons (Fsp3) is 0.200. The van der Waals surface area contributed by atoms with Gasteiger partial charge >= 0.3 is 11.9 Å². The Morgan fingerprint density at radius 3 is 1.85 bits per heavy atom. The highest BCUT2D eigenvalue weighted by molar-refractivity contribution is 9.11. The number of ether oxygens (including phenoxy) is 1. The van der Waals surface area contributed by atoms with Crippen molar-refractivity contribution < 1.29 is 29.6 Å². The maximum atomic E-state index is 13.1. The van der Waals surface area contributed by atoms with Crippen LogP contribution in [0.15, 0.2) is 39.3 Å². The molecule has 170 valence electrons. The van der Waals surface area contributed by atoms with Gasteiger partial charge in [-0.3, -0.25) is 0 Å². The molecule has 0 saturated heterocycles. The third kappa shape index (κ3) is 3.19. The predicted octanol–water partition coefficient (Wildman–Crippen LogP) is 6.02. The Hall–Kier alpha value is -2.84. The predicted molar refractivity (Wildman–Crippen MR) is 129 cm³/mol. The second-order valence-corrected chi connectivity index (χ2v) is 9.75. The van der Waals surface area contributed by atoms with Crippen molar-refractivity contribution in [3.05, 3.63) is 89.3 Å². The molecule has 33 heavy (non-hydrogen) atoms. The number of phenolic OH excluding ortho intramolecular Hbond substituents is 2. The number of fused-ring (bicyclic) bond motifs is 1. The van der Waals surface area contributed by atoms with Gasteiger partial charge in [-0.2, -0.15) is 0 Å². The standard InChI is InChI=1S/C25H20Br2O6/c1-10-8-16(12(3)21(28)19(10)26)25(17-9-11(2)20(27)22(29)13(17)4)18-14(23(30)31)6-5-7-15(18)24(32)33-25/h5-9,28-29H,1-4H3,(H,30,31). The minimum atomic E-state index is -1.71. The SMILES string of the molecule is Cc1cc(C2(c3cc(C)c(Br)c(O)c3C)OC(=O)c3cccc(C(=O)O)c32)c(C)c(O)c1Br. The molecule has 0 bridgehead atoms. The molecule has 0 aromatic heterocycles. The first-order chi connectivity index (χ1) is 15.4. The van der Waals surface area contributed by atoms with E-state index in [9.17, 15) is 24.9 Å². The molecular formula is C25H20Br2O6. The van der Waals surface area contributed by atoms with Crippen molar-refractivity contribution in [2.45, 2.75) is 33.3 Å². The highest BCUT2D eigenvalue weighted by Gasteiger charge is 2.53. The monoisotopic (exact) mass is 574 g/mol. The van der Waals surface area contributed by atoms with Crippen LogP contribution < -0.4 is 0 Å². The lowest BCUT2D eigenvalue weighted by Crippen LogP contribution is -2.33. The van der Waals surface area contributed by atoms with Crippen LogP contribution in [0.1, 0.15) is 59.7 Å². The van der Waals surface area contributed by atoms with Gasteiger partial charge in [0.25, 0.3) is 0 Å². The van der Waals surface area contributed by atoms with Crippen molar-refractivity contribution in [1.29, 1.82) is 0 Å². The van der Waals surface area contributed by atoms with Crippen molar-refractivity contribution in [2.24, 2.45) is 0 Å². The van der Waals surface area contributed by atoms with E-state index in [2.05, 4.69) is 31.9 Å². The van der Waals surface area contributed by atoms with E-state index < -0.39 is 17.5 Å². The number of esters is 1. The Morgan fingerprint density at radius 2 is 1.39 bits per heavy atom. The number of aromatic hydroxyl groups is 2. The highest BCUT2D eigenvalue weighted by Crippen LogP contribution is 2.54. The summed E-state index contributed by atoms with van der Waals surface area (Å²) in [6.07, 6.45) is 0.